The predicted octanol–water partition coefficient (Wildman–Crippen LogP) is 1.08. The van der Waals surface area contributed by atoms with Gasteiger partial charge in [0.15, 0.2) is 0 Å². The van der Waals surface area contributed by atoms with E-state index in [2.05, 4.69) is 10.2 Å². The molecule has 0 spiro atoms. The molecule has 8 nitrogen and oxygen atoms in total. The molecule has 0 aliphatic carbocycles. The van der Waals surface area contributed by atoms with Crippen LogP contribution >= 0.6 is 0 Å². The first-order valence-electron chi connectivity index (χ1n) is 7.20. The van der Waals surface area contributed by atoms with E-state index in [4.69, 9.17) is 18.6 Å². The Morgan fingerprint density at radius 3 is 2.46 bits per heavy atom. The van der Waals surface area contributed by atoms with E-state index in [1.54, 1.807) is 24.3 Å². The van der Waals surface area contributed by atoms with Crippen molar-refractivity contribution in [2.75, 3.05) is 39.3 Å². The van der Waals surface area contributed by atoms with Crippen molar-refractivity contribution in [2.24, 2.45) is 0 Å². The molecule has 0 amide bonds. The minimum atomic E-state index is -1.30. The number of aldehydes is 1. The van der Waals surface area contributed by atoms with Crippen LogP contribution in [0.15, 0.2) is 33.9 Å². The lowest BCUT2D eigenvalue weighted by Gasteiger charge is -2.07. The molecule has 2 rings (SSSR count). The Morgan fingerprint density at radius 1 is 1.08 bits per heavy atom. The zero-order valence-electron chi connectivity index (χ0n) is 13.2. The van der Waals surface area contributed by atoms with Gasteiger partial charge in [0.05, 0.1) is 19.8 Å². The Kier molecular flexibility index (Phi) is 7.53. The van der Waals surface area contributed by atoms with Gasteiger partial charge in [-0.3, -0.25) is 0 Å². The number of rotatable bonds is 11. The van der Waals surface area contributed by atoms with Crippen LogP contribution in [0.4, 0.5) is 0 Å². The molecule has 1 aromatic heterocycles. The van der Waals surface area contributed by atoms with Gasteiger partial charge in [-0.15, -0.1) is 5.10 Å². The second kappa shape index (κ2) is 9.91. The number of hydrogen-bond acceptors (Lipinski definition) is 8. The molecular weight excluding hydrogens is 336 g/mol. The summed E-state index contributed by atoms with van der Waals surface area (Å²) in [6.07, 6.45) is 2.17. The molecular formula is C15H18N2O6S. The topological polar surface area (TPSA) is 101 Å². The van der Waals surface area contributed by atoms with E-state index in [0.29, 0.717) is 44.4 Å². The minimum absolute atomic E-state index is 0.0852. The number of aromatic nitrogens is 2. The molecule has 0 saturated carbocycles. The van der Waals surface area contributed by atoms with E-state index in [-0.39, 0.29) is 11.8 Å². The van der Waals surface area contributed by atoms with E-state index in [0.717, 1.165) is 5.56 Å². The van der Waals surface area contributed by atoms with Gasteiger partial charge in [0, 0.05) is 11.8 Å². The van der Waals surface area contributed by atoms with Crippen LogP contribution in [-0.4, -0.2) is 60.0 Å². The third-order valence-corrected chi connectivity index (χ3v) is 3.46. The molecule has 1 atom stereocenters. The molecule has 0 radical (unpaired) electrons. The molecule has 1 heterocycles. The molecule has 0 aliphatic heterocycles. The van der Waals surface area contributed by atoms with Crippen LogP contribution < -0.4 is 4.74 Å². The Labute approximate surface area is 141 Å². The van der Waals surface area contributed by atoms with E-state index < -0.39 is 10.8 Å². The van der Waals surface area contributed by atoms with Crippen molar-refractivity contribution in [2.45, 2.75) is 5.22 Å². The second-order valence-corrected chi connectivity index (χ2v) is 5.81. The van der Waals surface area contributed by atoms with Crippen LogP contribution in [0.5, 0.6) is 5.75 Å². The molecule has 0 fully saturated rings. The van der Waals surface area contributed by atoms with Gasteiger partial charge in [0.25, 0.3) is 0 Å². The lowest BCUT2D eigenvalue weighted by atomic mass is 10.2. The molecule has 130 valence electrons. The third-order valence-electron chi connectivity index (χ3n) is 2.81. The summed E-state index contributed by atoms with van der Waals surface area (Å²) in [5, 5.41) is 7.66. The summed E-state index contributed by atoms with van der Waals surface area (Å²) >= 11 is 0. The van der Waals surface area contributed by atoms with E-state index in [9.17, 15) is 9.00 Å². The van der Waals surface area contributed by atoms with Crippen molar-refractivity contribution in [3.63, 3.8) is 0 Å². The molecule has 24 heavy (non-hydrogen) atoms. The highest BCUT2D eigenvalue weighted by atomic mass is 32.2. The number of ether oxygens (including phenoxy) is 3. The Bertz CT molecular complexity index is 658. The van der Waals surface area contributed by atoms with Gasteiger partial charge >= 0.3 is 5.22 Å². The zero-order valence-corrected chi connectivity index (χ0v) is 14.0. The van der Waals surface area contributed by atoms with Crippen molar-refractivity contribution in [1.29, 1.82) is 0 Å². The van der Waals surface area contributed by atoms with Gasteiger partial charge in [-0.25, -0.2) is 4.21 Å². The van der Waals surface area contributed by atoms with Gasteiger partial charge in [0.1, 0.15) is 36.0 Å². The van der Waals surface area contributed by atoms with Crippen LogP contribution in [0.2, 0.25) is 0 Å². The lowest BCUT2D eigenvalue weighted by molar-refractivity contribution is -0.112. The summed E-state index contributed by atoms with van der Waals surface area (Å²) in [5.41, 5.74) is 0.718. The molecule has 2 aromatic rings. The van der Waals surface area contributed by atoms with Crippen molar-refractivity contribution in [3.8, 4) is 17.2 Å². The van der Waals surface area contributed by atoms with Crippen molar-refractivity contribution < 1.29 is 27.6 Å². The molecule has 0 N–H and O–H groups in total. The number of nitrogens with zero attached hydrogens (tertiary/aromatic N) is 2. The summed E-state index contributed by atoms with van der Waals surface area (Å²) in [6.45, 7) is 1.69. The van der Waals surface area contributed by atoms with Crippen LogP contribution in [0.1, 0.15) is 0 Å². The summed E-state index contributed by atoms with van der Waals surface area (Å²) in [6, 6.07) is 7.10. The highest BCUT2D eigenvalue weighted by Gasteiger charge is 2.10. The van der Waals surface area contributed by atoms with Gasteiger partial charge in [0.2, 0.25) is 5.89 Å². The fraction of sp³-hybridized carbons (Fsp3) is 0.400. The Balaban J connectivity index is 1.72. The maximum absolute atomic E-state index is 11.2. The fourth-order valence-electron chi connectivity index (χ4n) is 1.71. The molecule has 0 saturated heterocycles. The number of hydrogen-bond donors (Lipinski definition) is 0. The molecule has 1 unspecified atom stereocenters. The first-order chi connectivity index (χ1) is 11.7. The van der Waals surface area contributed by atoms with Crippen LogP contribution in [0.3, 0.4) is 0 Å². The number of carbonyl (C=O) groups excluding carboxylic acids is 1. The number of carbonyl (C=O) groups is 1. The maximum Gasteiger partial charge on any atom is 0.307 e. The van der Waals surface area contributed by atoms with Gasteiger partial charge in [-0.1, -0.05) is 5.10 Å². The predicted molar refractivity (Wildman–Crippen MR) is 85.3 cm³/mol. The maximum atomic E-state index is 11.2. The Morgan fingerprint density at radius 2 is 1.79 bits per heavy atom. The van der Waals surface area contributed by atoms with Gasteiger partial charge < -0.3 is 23.4 Å². The average molecular weight is 354 g/mol. The van der Waals surface area contributed by atoms with Gasteiger partial charge in [-0.05, 0) is 24.3 Å². The second-order valence-electron chi connectivity index (χ2n) is 4.55. The summed E-state index contributed by atoms with van der Waals surface area (Å²) in [7, 11) is -1.30. The largest absolute Gasteiger partial charge is 0.491 e. The molecule has 0 bridgehead atoms. The van der Waals surface area contributed by atoms with Crippen LogP contribution in [0, 0.1) is 0 Å². The Hall–Kier alpha value is -2.10. The minimum Gasteiger partial charge on any atom is -0.491 e. The monoisotopic (exact) mass is 354 g/mol. The summed E-state index contributed by atoms with van der Waals surface area (Å²) < 4.78 is 32.3. The lowest BCUT2D eigenvalue weighted by Crippen LogP contribution is -2.11. The van der Waals surface area contributed by atoms with Crippen molar-refractivity contribution in [3.05, 3.63) is 24.3 Å². The molecule has 1 aromatic carbocycles. The molecule has 0 aliphatic rings. The SMILES string of the molecule is CS(=O)c1nnc(-c2ccc(OCCOCCOCC=O)cc2)o1. The fourth-order valence-corrected chi connectivity index (χ4v) is 2.06. The van der Waals surface area contributed by atoms with Crippen LogP contribution in [-0.2, 0) is 25.1 Å². The number of benzene rings is 1. The quantitative estimate of drug-likeness (QED) is 0.436. The zero-order chi connectivity index (χ0) is 17.2. The van der Waals surface area contributed by atoms with Crippen LogP contribution in [0.25, 0.3) is 11.5 Å². The molecule has 9 heteroatoms. The smallest absolute Gasteiger partial charge is 0.307 e. The van der Waals surface area contributed by atoms with E-state index >= 15 is 0 Å². The highest BCUT2D eigenvalue weighted by Crippen LogP contribution is 2.21. The van der Waals surface area contributed by atoms with E-state index in [1.165, 1.54) is 6.26 Å². The van der Waals surface area contributed by atoms with E-state index in [1.807, 2.05) is 0 Å². The first kappa shape index (κ1) is 18.2. The normalized spacial score (nSPS) is 12.0. The summed E-state index contributed by atoms with van der Waals surface area (Å²) in [5.74, 6) is 0.990. The van der Waals surface area contributed by atoms with Gasteiger partial charge in [-0.2, -0.15) is 0 Å². The van der Waals surface area contributed by atoms with Crippen molar-refractivity contribution >= 4 is 17.1 Å². The summed E-state index contributed by atoms with van der Waals surface area (Å²) in [4.78, 5) is 10.0. The first-order valence-corrected chi connectivity index (χ1v) is 8.76. The standard InChI is InChI=1S/C15H18N2O6S/c1-24(19)15-17-16-14(23-15)12-2-4-13(5-3-12)22-11-10-21-9-8-20-7-6-18/h2-6H,7-11H2,1H3. The highest BCUT2D eigenvalue weighted by molar-refractivity contribution is 7.84. The third kappa shape index (κ3) is 5.84. The average Bonchev–Trinajstić information content (AvgIpc) is 3.08. The van der Waals surface area contributed by atoms with Crippen molar-refractivity contribution in [1.82, 2.24) is 10.2 Å².